The number of nitrogens with two attached hydrogens (primary N) is 1. The van der Waals surface area contributed by atoms with E-state index in [1.807, 2.05) is 29.2 Å². The topological polar surface area (TPSA) is 72.4 Å². The van der Waals surface area contributed by atoms with E-state index >= 15 is 0 Å². The number of carbonyl (C=O) groups is 1. The van der Waals surface area contributed by atoms with Gasteiger partial charge >= 0.3 is 0 Å². The number of anilines is 1. The first-order valence-electron chi connectivity index (χ1n) is 6.17. The van der Waals surface area contributed by atoms with Gasteiger partial charge < -0.3 is 15.1 Å². The van der Waals surface area contributed by atoms with Crippen LogP contribution in [-0.4, -0.2) is 23.5 Å². The first-order valence-corrected chi connectivity index (χ1v) is 6.17. The molecule has 1 aromatic carbocycles. The van der Waals surface area contributed by atoms with Gasteiger partial charge in [0, 0.05) is 6.54 Å². The molecule has 2 aromatic rings. The summed E-state index contributed by atoms with van der Waals surface area (Å²) < 4.78 is 5.69. The van der Waals surface area contributed by atoms with Crippen molar-refractivity contribution in [3.8, 4) is 0 Å². The quantitative estimate of drug-likeness (QED) is 0.873. The fraction of sp³-hybridized carbons (Fsp3) is 0.385. The molecule has 2 N–H and O–H groups in total. The lowest BCUT2D eigenvalue weighted by molar-refractivity contribution is -0.119. The normalized spacial score (nSPS) is 20.2. The number of piperidine rings is 1. The van der Waals surface area contributed by atoms with Gasteiger partial charge in [-0.1, -0.05) is 12.1 Å². The summed E-state index contributed by atoms with van der Waals surface area (Å²) in [6.07, 6.45) is 2.82. The van der Waals surface area contributed by atoms with Crippen molar-refractivity contribution in [3.63, 3.8) is 0 Å². The fourth-order valence-electron chi connectivity index (χ4n) is 2.44. The van der Waals surface area contributed by atoms with Crippen LogP contribution in [0.1, 0.15) is 19.3 Å². The number of benzene rings is 1. The Kier molecular flexibility index (Phi) is 2.66. The molecule has 1 saturated heterocycles. The Bertz CT molecular complexity index is 545. The number of fused-ring (bicyclic) bond motifs is 1. The summed E-state index contributed by atoms with van der Waals surface area (Å²) in [6.45, 7) is 0.764. The zero-order valence-corrected chi connectivity index (χ0v) is 10.0. The maximum Gasteiger partial charge on any atom is 0.299 e. The first-order chi connectivity index (χ1) is 8.75. The predicted octanol–water partition coefficient (Wildman–Crippen LogP) is 1.67. The summed E-state index contributed by atoms with van der Waals surface area (Å²) in [7, 11) is 0. The molecule has 0 bridgehead atoms. The standard InChI is InChI=1S/C13H15N3O2/c14-12(17)10-6-3-4-8-16(10)13-15-9-5-1-2-7-11(9)18-13/h1-2,5,7,10H,3-4,6,8H2,(H2,14,17). The number of para-hydroxylation sites is 2. The molecule has 3 rings (SSSR count). The summed E-state index contributed by atoms with van der Waals surface area (Å²) in [5.74, 6) is -0.308. The van der Waals surface area contributed by atoms with Gasteiger partial charge in [-0.15, -0.1) is 0 Å². The molecule has 1 atom stereocenters. The van der Waals surface area contributed by atoms with E-state index in [2.05, 4.69) is 4.98 Å². The highest BCUT2D eigenvalue weighted by Gasteiger charge is 2.30. The van der Waals surface area contributed by atoms with Crippen LogP contribution < -0.4 is 10.6 Å². The third kappa shape index (κ3) is 1.81. The Hall–Kier alpha value is -2.04. The van der Waals surface area contributed by atoms with Crippen molar-refractivity contribution in [2.75, 3.05) is 11.4 Å². The molecule has 1 amide bonds. The molecule has 1 aliphatic heterocycles. The van der Waals surface area contributed by atoms with Crippen molar-refractivity contribution in [3.05, 3.63) is 24.3 Å². The van der Waals surface area contributed by atoms with E-state index < -0.39 is 0 Å². The van der Waals surface area contributed by atoms with Crippen molar-refractivity contribution >= 4 is 23.0 Å². The predicted molar refractivity (Wildman–Crippen MR) is 68.2 cm³/mol. The molecule has 5 nitrogen and oxygen atoms in total. The highest BCUT2D eigenvalue weighted by Crippen LogP contribution is 2.27. The van der Waals surface area contributed by atoms with E-state index in [0.717, 1.165) is 36.9 Å². The minimum atomic E-state index is -0.308. The number of aromatic nitrogens is 1. The third-order valence-electron chi connectivity index (χ3n) is 3.36. The average molecular weight is 245 g/mol. The number of amides is 1. The van der Waals surface area contributed by atoms with Crippen LogP contribution >= 0.6 is 0 Å². The Morgan fingerprint density at radius 1 is 1.39 bits per heavy atom. The van der Waals surface area contributed by atoms with Gasteiger partial charge in [0.1, 0.15) is 11.6 Å². The summed E-state index contributed by atoms with van der Waals surface area (Å²) in [6, 6.07) is 7.78. The van der Waals surface area contributed by atoms with Crippen LogP contribution in [0.5, 0.6) is 0 Å². The van der Waals surface area contributed by atoms with Crippen molar-refractivity contribution in [2.24, 2.45) is 5.73 Å². The monoisotopic (exact) mass is 245 g/mol. The Morgan fingerprint density at radius 3 is 3.00 bits per heavy atom. The molecule has 5 heteroatoms. The van der Waals surface area contributed by atoms with Crippen molar-refractivity contribution in [1.29, 1.82) is 0 Å². The maximum absolute atomic E-state index is 11.5. The molecule has 1 aromatic heterocycles. The lowest BCUT2D eigenvalue weighted by Gasteiger charge is -2.32. The molecule has 18 heavy (non-hydrogen) atoms. The molecule has 94 valence electrons. The van der Waals surface area contributed by atoms with Crippen LogP contribution in [0.4, 0.5) is 6.01 Å². The molecule has 0 aliphatic carbocycles. The zero-order chi connectivity index (χ0) is 12.5. The number of oxazole rings is 1. The zero-order valence-electron chi connectivity index (χ0n) is 10.0. The molecule has 1 fully saturated rings. The van der Waals surface area contributed by atoms with Gasteiger partial charge in [0.15, 0.2) is 5.58 Å². The van der Waals surface area contributed by atoms with E-state index in [4.69, 9.17) is 10.2 Å². The highest BCUT2D eigenvalue weighted by molar-refractivity contribution is 5.84. The van der Waals surface area contributed by atoms with Crippen molar-refractivity contribution < 1.29 is 9.21 Å². The molecule has 0 saturated carbocycles. The minimum Gasteiger partial charge on any atom is -0.423 e. The van der Waals surface area contributed by atoms with Crippen molar-refractivity contribution in [2.45, 2.75) is 25.3 Å². The van der Waals surface area contributed by atoms with Crippen molar-refractivity contribution in [1.82, 2.24) is 4.98 Å². The molecule has 0 radical (unpaired) electrons. The number of carbonyl (C=O) groups excluding carboxylic acids is 1. The SMILES string of the molecule is NC(=O)C1CCCCN1c1nc2ccccc2o1. The molecule has 1 unspecified atom stereocenters. The first kappa shape index (κ1) is 11.1. The van der Waals surface area contributed by atoms with Crippen LogP contribution in [0.15, 0.2) is 28.7 Å². The molecular formula is C13H15N3O2. The number of rotatable bonds is 2. The van der Waals surface area contributed by atoms with E-state index in [1.165, 1.54) is 0 Å². The van der Waals surface area contributed by atoms with Crippen LogP contribution in [0, 0.1) is 0 Å². The van der Waals surface area contributed by atoms with E-state index in [1.54, 1.807) is 0 Å². The van der Waals surface area contributed by atoms with Gasteiger partial charge in [0.2, 0.25) is 5.91 Å². The van der Waals surface area contributed by atoms with Gasteiger partial charge in [0.05, 0.1) is 0 Å². The molecule has 0 spiro atoms. The number of hydrogen-bond donors (Lipinski definition) is 1. The van der Waals surface area contributed by atoms with Gasteiger partial charge in [-0.25, -0.2) is 0 Å². The van der Waals surface area contributed by atoms with Gasteiger partial charge in [-0.3, -0.25) is 4.79 Å². The summed E-state index contributed by atoms with van der Waals surface area (Å²) in [5.41, 5.74) is 6.98. The third-order valence-corrected chi connectivity index (χ3v) is 3.36. The minimum absolute atomic E-state index is 0.299. The number of nitrogens with zero attached hydrogens (tertiary/aromatic N) is 2. The van der Waals surface area contributed by atoms with Crippen LogP contribution in [-0.2, 0) is 4.79 Å². The van der Waals surface area contributed by atoms with Gasteiger partial charge in [-0.2, -0.15) is 4.98 Å². The van der Waals surface area contributed by atoms with Gasteiger partial charge in [-0.05, 0) is 31.4 Å². The Morgan fingerprint density at radius 2 is 2.22 bits per heavy atom. The summed E-state index contributed by atoms with van der Waals surface area (Å²) >= 11 is 0. The van der Waals surface area contributed by atoms with E-state index in [0.29, 0.717) is 6.01 Å². The molecule has 2 heterocycles. The number of hydrogen-bond acceptors (Lipinski definition) is 4. The van der Waals surface area contributed by atoms with Crippen LogP contribution in [0.3, 0.4) is 0 Å². The Labute approximate surface area is 105 Å². The second kappa shape index (κ2) is 4.33. The van der Waals surface area contributed by atoms with Crippen LogP contribution in [0.2, 0.25) is 0 Å². The summed E-state index contributed by atoms with van der Waals surface area (Å²) in [5, 5.41) is 0. The Balaban J connectivity index is 1.98. The van der Waals surface area contributed by atoms with E-state index in [-0.39, 0.29) is 11.9 Å². The second-order valence-electron chi connectivity index (χ2n) is 4.57. The average Bonchev–Trinajstić information content (AvgIpc) is 2.82. The van der Waals surface area contributed by atoms with Crippen LogP contribution in [0.25, 0.3) is 11.1 Å². The smallest absolute Gasteiger partial charge is 0.299 e. The molecular weight excluding hydrogens is 230 g/mol. The largest absolute Gasteiger partial charge is 0.423 e. The van der Waals surface area contributed by atoms with Gasteiger partial charge in [0.25, 0.3) is 6.01 Å². The van der Waals surface area contributed by atoms with E-state index in [9.17, 15) is 4.79 Å². The fourth-order valence-corrected chi connectivity index (χ4v) is 2.44. The number of primary amides is 1. The lowest BCUT2D eigenvalue weighted by Crippen LogP contribution is -2.48. The maximum atomic E-state index is 11.5. The molecule has 1 aliphatic rings. The second-order valence-corrected chi connectivity index (χ2v) is 4.57. The lowest BCUT2D eigenvalue weighted by atomic mass is 10.0. The highest BCUT2D eigenvalue weighted by atomic mass is 16.4. The summed E-state index contributed by atoms with van der Waals surface area (Å²) in [4.78, 5) is 17.8.